The maximum absolute atomic E-state index is 12.0. The van der Waals surface area contributed by atoms with Gasteiger partial charge in [0.05, 0.1) is 26.2 Å². The van der Waals surface area contributed by atoms with E-state index >= 15 is 0 Å². The zero-order chi connectivity index (χ0) is 17.5. The van der Waals surface area contributed by atoms with Crippen LogP contribution in [0.2, 0.25) is 5.02 Å². The molecule has 1 atom stereocenters. The van der Waals surface area contributed by atoms with Crippen molar-refractivity contribution < 1.29 is 14.5 Å². The van der Waals surface area contributed by atoms with Gasteiger partial charge >= 0.3 is 6.03 Å². The summed E-state index contributed by atoms with van der Waals surface area (Å²) in [6, 6.07) is 7.46. The second-order valence-corrected chi connectivity index (χ2v) is 6.66. The van der Waals surface area contributed by atoms with E-state index in [1.807, 2.05) is 38.1 Å². The van der Waals surface area contributed by atoms with E-state index in [9.17, 15) is 9.59 Å². The minimum atomic E-state index is -0.411. The molecular weight excluding hydrogens is 328 g/mol. The fourth-order valence-corrected chi connectivity index (χ4v) is 2.88. The second kappa shape index (κ2) is 8.89. The Morgan fingerprint density at radius 2 is 2.04 bits per heavy atom. The van der Waals surface area contributed by atoms with Gasteiger partial charge in [0, 0.05) is 16.8 Å². The monoisotopic (exact) mass is 353 g/mol. The van der Waals surface area contributed by atoms with Gasteiger partial charge in [0.2, 0.25) is 0 Å². The number of carbonyl (C=O) groups is 2. The number of rotatable bonds is 5. The summed E-state index contributed by atoms with van der Waals surface area (Å²) in [5, 5.41) is 5.86. The van der Waals surface area contributed by atoms with Crippen molar-refractivity contribution in [1.29, 1.82) is 0 Å². The van der Waals surface area contributed by atoms with Crippen LogP contribution in [-0.2, 0) is 4.79 Å². The third-order valence-corrected chi connectivity index (χ3v) is 4.53. The van der Waals surface area contributed by atoms with Gasteiger partial charge in [-0.1, -0.05) is 24.6 Å². The highest BCUT2D eigenvalue weighted by Crippen LogP contribution is 2.19. The topological polar surface area (TPSA) is 65.9 Å². The Morgan fingerprint density at radius 3 is 2.67 bits per heavy atom. The van der Waals surface area contributed by atoms with Crippen LogP contribution >= 0.6 is 11.6 Å². The van der Waals surface area contributed by atoms with Crippen molar-refractivity contribution in [2.75, 3.05) is 37.6 Å². The predicted molar refractivity (Wildman–Crippen MR) is 95.7 cm³/mol. The molecule has 24 heavy (non-hydrogen) atoms. The van der Waals surface area contributed by atoms with E-state index in [1.165, 1.54) is 4.90 Å². The fourth-order valence-electron chi connectivity index (χ4n) is 2.69. The number of carbonyl (C=O) groups excluding carboxylic acids is 2. The van der Waals surface area contributed by atoms with Crippen LogP contribution in [0.4, 0.5) is 10.5 Å². The van der Waals surface area contributed by atoms with Crippen LogP contribution in [0, 0.1) is 0 Å². The van der Waals surface area contributed by atoms with Crippen LogP contribution in [0.15, 0.2) is 24.3 Å². The summed E-state index contributed by atoms with van der Waals surface area (Å²) in [7, 11) is 0. The first-order valence-electron chi connectivity index (χ1n) is 8.42. The summed E-state index contributed by atoms with van der Waals surface area (Å²) in [4.78, 5) is 27.1. The molecule has 132 valence electrons. The van der Waals surface area contributed by atoms with Crippen molar-refractivity contribution >= 4 is 29.2 Å². The minimum Gasteiger partial charge on any atom is -0.360 e. The number of imide groups is 1. The van der Waals surface area contributed by atoms with Gasteiger partial charge < -0.3 is 15.1 Å². The van der Waals surface area contributed by atoms with E-state index in [2.05, 4.69) is 15.5 Å². The van der Waals surface area contributed by atoms with Gasteiger partial charge in [-0.2, -0.15) is 0 Å². The highest BCUT2D eigenvalue weighted by molar-refractivity contribution is 6.30. The molecule has 0 bridgehead atoms. The van der Waals surface area contributed by atoms with Gasteiger partial charge in [-0.15, -0.1) is 0 Å². The van der Waals surface area contributed by atoms with Crippen LogP contribution in [0.5, 0.6) is 0 Å². The zero-order valence-electron chi connectivity index (χ0n) is 14.3. The molecule has 1 heterocycles. The Balaban J connectivity index is 1.74. The van der Waals surface area contributed by atoms with Crippen molar-refractivity contribution in [3.63, 3.8) is 0 Å². The summed E-state index contributed by atoms with van der Waals surface area (Å²) in [6.45, 7) is 7.64. The second-order valence-electron chi connectivity index (χ2n) is 6.22. The molecule has 0 unspecified atom stereocenters. The molecule has 1 aromatic carbocycles. The molecule has 0 spiro atoms. The number of anilines is 1. The zero-order valence-corrected chi connectivity index (χ0v) is 15.0. The van der Waals surface area contributed by atoms with Crippen molar-refractivity contribution in [3.05, 3.63) is 29.3 Å². The number of hydrogen-bond acceptors (Lipinski definition) is 3. The standard InChI is InChI=1S/C17H25ClN4O2/c1-3-13(2)19-17(24)20-16(23)12-21-7-9-22(10-8-21)15-6-4-5-14(18)11-15/h4-6,11,13H,3,7-10,12H2,1-2H3,(H2,19,20,23,24)/p+1/t13-/m0/s1. The van der Waals surface area contributed by atoms with Crippen molar-refractivity contribution in [1.82, 2.24) is 10.6 Å². The molecule has 0 aromatic heterocycles. The van der Waals surface area contributed by atoms with E-state index in [-0.39, 0.29) is 11.9 Å². The molecule has 1 saturated heterocycles. The van der Waals surface area contributed by atoms with Crippen molar-refractivity contribution in [3.8, 4) is 0 Å². The van der Waals surface area contributed by atoms with Crippen molar-refractivity contribution in [2.24, 2.45) is 0 Å². The first-order valence-corrected chi connectivity index (χ1v) is 8.80. The van der Waals surface area contributed by atoms with E-state index in [4.69, 9.17) is 11.6 Å². The molecule has 0 radical (unpaired) electrons. The van der Waals surface area contributed by atoms with Gasteiger partial charge in [0.1, 0.15) is 0 Å². The molecular formula is C17H26ClN4O2+. The largest absolute Gasteiger partial charge is 0.360 e. The van der Waals surface area contributed by atoms with Crippen LogP contribution < -0.4 is 20.4 Å². The minimum absolute atomic E-state index is 0.0615. The third kappa shape index (κ3) is 5.69. The Kier molecular flexibility index (Phi) is 6.87. The number of piperazine rings is 1. The molecule has 7 heteroatoms. The van der Waals surface area contributed by atoms with Crippen LogP contribution in [-0.4, -0.2) is 50.7 Å². The quantitative estimate of drug-likeness (QED) is 0.729. The lowest BCUT2D eigenvalue weighted by atomic mass is 10.2. The van der Waals surface area contributed by atoms with E-state index in [0.29, 0.717) is 6.54 Å². The van der Waals surface area contributed by atoms with Crippen LogP contribution in [0.25, 0.3) is 0 Å². The van der Waals surface area contributed by atoms with Crippen LogP contribution in [0.1, 0.15) is 20.3 Å². The molecule has 1 fully saturated rings. The highest BCUT2D eigenvalue weighted by Gasteiger charge is 2.23. The van der Waals surface area contributed by atoms with Crippen molar-refractivity contribution in [2.45, 2.75) is 26.3 Å². The lowest BCUT2D eigenvalue weighted by Gasteiger charge is -2.33. The first kappa shape index (κ1) is 18.5. The summed E-state index contributed by atoms with van der Waals surface area (Å²) in [6.07, 6.45) is 0.832. The summed E-state index contributed by atoms with van der Waals surface area (Å²) in [5.74, 6) is -0.234. The summed E-state index contributed by atoms with van der Waals surface area (Å²) in [5.41, 5.74) is 1.11. The number of amides is 3. The predicted octanol–water partition coefficient (Wildman–Crippen LogP) is 0.669. The Labute approximate surface area is 148 Å². The van der Waals surface area contributed by atoms with Gasteiger partial charge in [-0.3, -0.25) is 10.1 Å². The van der Waals surface area contributed by atoms with Gasteiger partial charge in [0.15, 0.2) is 6.54 Å². The first-order chi connectivity index (χ1) is 11.5. The summed E-state index contributed by atoms with van der Waals surface area (Å²) < 4.78 is 0. The number of hydrogen-bond donors (Lipinski definition) is 3. The van der Waals surface area contributed by atoms with E-state index in [0.717, 1.165) is 43.3 Å². The Bertz CT molecular complexity index is 573. The molecule has 1 aromatic rings. The molecule has 1 aliphatic heterocycles. The molecule has 2 rings (SSSR count). The molecule has 0 saturated carbocycles. The average molecular weight is 354 g/mol. The summed E-state index contributed by atoms with van der Waals surface area (Å²) >= 11 is 6.03. The number of nitrogens with zero attached hydrogens (tertiary/aromatic N) is 1. The van der Waals surface area contributed by atoms with E-state index in [1.54, 1.807) is 0 Å². The third-order valence-electron chi connectivity index (χ3n) is 4.30. The molecule has 1 aliphatic rings. The van der Waals surface area contributed by atoms with Gasteiger partial charge in [0.25, 0.3) is 5.91 Å². The molecule has 3 amide bonds. The van der Waals surface area contributed by atoms with Crippen LogP contribution in [0.3, 0.4) is 0 Å². The number of halogens is 1. The molecule has 6 nitrogen and oxygen atoms in total. The Morgan fingerprint density at radius 1 is 1.33 bits per heavy atom. The SMILES string of the molecule is CC[C@H](C)NC(=O)NC(=O)C[NH+]1CCN(c2cccc(Cl)c2)CC1. The average Bonchev–Trinajstić information content (AvgIpc) is 2.55. The number of quaternary nitrogens is 1. The lowest BCUT2D eigenvalue weighted by molar-refractivity contribution is -0.892. The number of nitrogens with one attached hydrogen (secondary N) is 3. The maximum atomic E-state index is 12.0. The number of benzene rings is 1. The normalized spacial score (nSPS) is 16.5. The van der Waals surface area contributed by atoms with Gasteiger partial charge in [-0.05, 0) is 31.5 Å². The maximum Gasteiger partial charge on any atom is 0.321 e. The Hall–Kier alpha value is -1.79. The number of urea groups is 1. The molecule has 0 aliphatic carbocycles. The fraction of sp³-hybridized carbons (Fsp3) is 0.529. The lowest BCUT2D eigenvalue weighted by Crippen LogP contribution is -3.16. The molecule has 3 N–H and O–H groups in total. The van der Waals surface area contributed by atoms with E-state index < -0.39 is 6.03 Å². The van der Waals surface area contributed by atoms with Gasteiger partial charge in [-0.25, -0.2) is 4.79 Å². The smallest absolute Gasteiger partial charge is 0.321 e. The highest BCUT2D eigenvalue weighted by atomic mass is 35.5.